The molecule has 3 rings (SSSR count). The molecule has 0 N–H and O–H groups in total. The number of rotatable bonds is 6. The van der Waals surface area contributed by atoms with Gasteiger partial charge in [0.1, 0.15) is 5.82 Å². The molecule has 0 bridgehead atoms. The lowest BCUT2D eigenvalue weighted by atomic mass is 10.2. The molecule has 0 saturated carbocycles. The first-order valence-corrected chi connectivity index (χ1v) is 9.60. The van der Waals surface area contributed by atoms with Crippen LogP contribution in [0.2, 0.25) is 0 Å². The fraction of sp³-hybridized carbons (Fsp3) is 0.250. The maximum Gasteiger partial charge on any atom is 0.416 e. The summed E-state index contributed by atoms with van der Waals surface area (Å²) >= 11 is 2.77. The Balaban J connectivity index is 1.95. The van der Waals surface area contributed by atoms with Gasteiger partial charge in [-0.3, -0.25) is 4.57 Å². The van der Waals surface area contributed by atoms with E-state index in [2.05, 4.69) is 20.2 Å². The molecule has 0 atom stereocenters. The molecule has 3 aromatic rings. The lowest BCUT2D eigenvalue weighted by Crippen LogP contribution is -2.08. The van der Waals surface area contributed by atoms with E-state index < -0.39 is 11.7 Å². The molecule has 0 amide bonds. The number of aromatic nitrogens is 5. The van der Waals surface area contributed by atoms with E-state index >= 15 is 0 Å². The van der Waals surface area contributed by atoms with Crippen molar-refractivity contribution in [2.24, 2.45) is 0 Å². The van der Waals surface area contributed by atoms with Gasteiger partial charge in [-0.05, 0) is 30.0 Å². The van der Waals surface area contributed by atoms with Gasteiger partial charge in [0.2, 0.25) is 0 Å². The van der Waals surface area contributed by atoms with E-state index in [4.69, 9.17) is 0 Å². The minimum absolute atomic E-state index is 0.380. The van der Waals surface area contributed by atoms with Crippen molar-refractivity contribution in [1.29, 1.82) is 0 Å². The van der Waals surface area contributed by atoms with Crippen molar-refractivity contribution < 1.29 is 13.2 Å². The summed E-state index contributed by atoms with van der Waals surface area (Å²) in [5.41, 5.74) is -0.327. The molecular weight excluding hydrogens is 383 g/mol. The van der Waals surface area contributed by atoms with Crippen molar-refractivity contribution in [3.05, 3.63) is 54.1 Å². The Morgan fingerprint density at radius 1 is 1.04 bits per heavy atom. The van der Waals surface area contributed by atoms with Crippen LogP contribution in [0.15, 0.2) is 53.0 Å². The number of alkyl halides is 3. The lowest BCUT2D eigenvalue weighted by molar-refractivity contribution is -0.137. The minimum Gasteiger partial charge on any atom is -0.273 e. The Hall–Kier alpha value is -2.07. The van der Waals surface area contributed by atoms with E-state index in [0.29, 0.717) is 27.6 Å². The number of halogens is 3. The summed E-state index contributed by atoms with van der Waals surface area (Å²) in [7, 11) is 0. The van der Waals surface area contributed by atoms with Gasteiger partial charge >= 0.3 is 6.18 Å². The van der Waals surface area contributed by atoms with Crippen LogP contribution in [0, 0.1) is 0 Å². The molecule has 0 spiro atoms. The molecule has 0 aliphatic carbocycles. The van der Waals surface area contributed by atoms with Crippen LogP contribution in [0.3, 0.4) is 0 Å². The van der Waals surface area contributed by atoms with E-state index in [1.54, 1.807) is 29.1 Å². The topological polar surface area (TPSA) is 56.5 Å². The molecule has 26 heavy (non-hydrogen) atoms. The molecule has 1 aromatic carbocycles. The Kier molecular flexibility index (Phi) is 5.82. The largest absolute Gasteiger partial charge is 0.416 e. The Morgan fingerprint density at radius 3 is 2.50 bits per heavy atom. The second-order valence-electron chi connectivity index (χ2n) is 5.04. The van der Waals surface area contributed by atoms with Gasteiger partial charge < -0.3 is 0 Å². The molecule has 0 fully saturated rings. The molecule has 2 aromatic heterocycles. The van der Waals surface area contributed by atoms with Gasteiger partial charge in [0.25, 0.3) is 0 Å². The Morgan fingerprint density at radius 2 is 1.81 bits per heavy atom. The third kappa shape index (κ3) is 4.36. The van der Waals surface area contributed by atoms with Crippen LogP contribution >= 0.6 is 23.5 Å². The van der Waals surface area contributed by atoms with Crippen LogP contribution in [0.4, 0.5) is 13.2 Å². The van der Waals surface area contributed by atoms with Crippen molar-refractivity contribution in [3.8, 4) is 5.69 Å². The summed E-state index contributed by atoms with van der Waals surface area (Å²) < 4.78 is 40.8. The molecule has 5 nitrogen and oxygen atoms in total. The number of benzene rings is 1. The second-order valence-corrected chi connectivity index (χ2v) is 7.21. The Labute approximate surface area is 156 Å². The second kappa shape index (κ2) is 8.09. The van der Waals surface area contributed by atoms with Gasteiger partial charge in [-0.25, -0.2) is 9.97 Å². The van der Waals surface area contributed by atoms with E-state index in [1.807, 2.05) is 6.92 Å². The molecule has 0 radical (unpaired) electrons. The number of nitrogens with zero attached hydrogens (tertiary/aromatic N) is 5. The van der Waals surface area contributed by atoms with Gasteiger partial charge in [-0.1, -0.05) is 36.5 Å². The third-order valence-corrected chi connectivity index (χ3v) is 4.96. The van der Waals surface area contributed by atoms with Crippen LogP contribution in [0.25, 0.3) is 5.69 Å². The van der Waals surface area contributed by atoms with Crippen LogP contribution in [0.1, 0.15) is 18.3 Å². The van der Waals surface area contributed by atoms with Crippen molar-refractivity contribution in [1.82, 2.24) is 24.7 Å². The summed E-state index contributed by atoms with van der Waals surface area (Å²) in [5, 5.41) is 9.40. The zero-order valence-corrected chi connectivity index (χ0v) is 15.3. The molecule has 136 valence electrons. The first-order chi connectivity index (χ1) is 12.5. The predicted molar refractivity (Wildman–Crippen MR) is 94.4 cm³/mol. The summed E-state index contributed by atoms with van der Waals surface area (Å²) in [6.45, 7) is 1.95. The smallest absolute Gasteiger partial charge is 0.273 e. The summed E-state index contributed by atoms with van der Waals surface area (Å²) in [6.07, 6.45) is -1.15. The predicted octanol–water partition coefficient (Wildman–Crippen LogP) is 4.48. The van der Waals surface area contributed by atoms with Crippen LogP contribution < -0.4 is 0 Å². The average Bonchev–Trinajstić information content (AvgIpc) is 3.03. The molecule has 10 heteroatoms. The van der Waals surface area contributed by atoms with Crippen LogP contribution in [-0.2, 0) is 11.9 Å². The minimum atomic E-state index is -4.41. The number of hydrogen-bond donors (Lipinski definition) is 0. The summed E-state index contributed by atoms with van der Waals surface area (Å²) in [6, 6.07) is 6.87. The van der Waals surface area contributed by atoms with Crippen molar-refractivity contribution in [2.45, 2.75) is 29.2 Å². The van der Waals surface area contributed by atoms with Crippen molar-refractivity contribution >= 4 is 23.5 Å². The van der Waals surface area contributed by atoms with Gasteiger partial charge in [0, 0.05) is 12.4 Å². The normalized spacial score (nSPS) is 11.7. The quantitative estimate of drug-likeness (QED) is 0.452. The van der Waals surface area contributed by atoms with Crippen LogP contribution in [0.5, 0.6) is 0 Å². The first-order valence-electron chi connectivity index (χ1n) is 7.63. The van der Waals surface area contributed by atoms with Crippen molar-refractivity contribution in [2.75, 3.05) is 5.75 Å². The molecule has 0 unspecified atom stereocenters. The Bertz CT molecular complexity index is 868. The van der Waals surface area contributed by atoms with E-state index in [1.165, 1.54) is 29.6 Å². The van der Waals surface area contributed by atoms with Gasteiger partial charge in [0.15, 0.2) is 10.3 Å². The van der Waals surface area contributed by atoms with Gasteiger partial charge in [-0.2, -0.15) is 13.2 Å². The average molecular weight is 397 g/mol. The number of hydrogen-bond acceptors (Lipinski definition) is 6. The van der Waals surface area contributed by atoms with Gasteiger partial charge in [-0.15, -0.1) is 10.2 Å². The van der Waals surface area contributed by atoms with Gasteiger partial charge in [0.05, 0.1) is 17.0 Å². The SMILES string of the molecule is CCSc1nnc(CSc2ncccn2)n1-c1cccc(C(F)(F)F)c1. The first kappa shape index (κ1) is 18.7. The van der Waals surface area contributed by atoms with Crippen molar-refractivity contribution in [3.63, 3.8) is 0 Å². The highest BCUT2D eigenvalue weighted by Gasteiger charge is 2.31. The van der Waals surface area contributed by atoms with E-state index in [0.717, 1.165) is 17.9 Å². The zero-order valence-electron chi connectivity index (χ0n) is 13.6. The molecule has 0 aliphatic rings. The highest BCUT2D eigenvalue weighted by Crippen LogP contribution is 2.32. The fourth-order valence-corrected chi connectivity index (χ4v) is 3.60. The van der Waals surface area contributed by atoms with E-state index in [9.17, 15) is 13.2 Å². The zero-order chi connectivity index (χ0) is 18.6. The molecule has 0 saturated heterocycles. The molecule has 0 aliphatic heterocycles. The maximum absolute atomic E-state index is 13.1. The summed E-state index contributed by atoms with van der Waals surface area (Å²) in [5.74, 6) is 1.65. The standard InChI is InChI=1S/C16H14F3N5S2/c1-2-25-15-23-22-13(10-26-14-20-7-4-8-21-14)24(15)12-6-3-5-11(9-12)16(17,18)19/h3-9H,2,10H2,1H3. The highest BCUT2D eigenvalue weighted by molar-refractivity contribution is 7.99. The summed E-state index contributed by atoms with van der Waals surface area (Å²) in [4.78, 5) is 8.25. The number of thioether (sulfide) groups is 2. The van der Waals surface area contributed by atoms with E-state index in [-0.39, 0.29) is 0 Å². The highest BCUT2D eigenvalue weighted by atomic mass is 32.2. The fourth-order valence-electron chi connectivity index (χ4n) is 2.19. The maximum atomic E-state index is 13.1. The lowest BCUT2D eigenvalue weighted by Gasteiger charge is -2.12. The third-order valence-electron chi connectivity index (χ3n) is 3.28. The molecular formula is C16H14F3N5S2. The van der Waals surface area contributed by atoms with Crippen LogP contribution in [-0.4, -0.2) is 30.5 Å². The molecule has 2 heterocycles. The monoisotopic (exact) mass is 397 g/mol.